The van der Waals surface area contributed by atoms with Gasteiger partial charge in [-0.3, -0.25) is 0 Å². The summed E-state index contributed by atoms with van der Waals surface area (Å²) in [5.41, 5.74) is 3.30. The third kappa shape index (κ3) is 2.84. The highest BCUT2D eigenvalue weighted by Crippen LogP contribution is 2.21. The Hall–Kier alpha value is -1.94. The van der Waals surface area contributed by atoms with E-state index in [4.69, 9.17) is 0 Å². The lowest BCUT2D eigenvalue weighted by molar-refractivity contribution is 0.766. The molecule has 18 heavy (non-hydrogen) atoms. The summed E-state index contributed by atoms with van der Waals surface area (Å²) in [6.07, 6.45) is 0. The van der Waals surface area contributed by atoms with Crippen molar-refractivity contribution in [3.63, 3.8) is 0 Å². The van der Waals surface area contributed by atoms with E-state index in [1.165, 1.54) is 5.56 Å². The lowest BCUT2D eigenvalue weighted by Crippen LogP contribution is -2.13. The predicted octanol–water partition coefficient (Wildman–Crippen LogP) is 2.27. The number of aromatic nitrogens is 2. The van der Waals surface area contributed by atoms with Crippen LogP contribution in [-0.4, -0.2) is 24.3 Å². The van der Waals surface area contributed by atoms with Gasteiger partial charge in [-0.05, 0) is 43.8 Å². The lowest BCUT2D eigenvalue weighted by Gasteiger charge is -2.18. The minimum Gasteiger partial charge on any atom is -0.328 e. The molecule has 0 fully saturated rings. The summed E-state index contributed by atoms with van der Waals surface area (Å²) in [6.45, 7) is 2.82. The Balaban J connectivity index is 2.20. The maximum absolute atomic E-state index is 4.24. The Kier molecular flexibility index (Phi) is 3.89. The van der Waals surface area contributed by atoms with Gasteiger partial charge in [0.1, 0.15) is 0 Å². The summed E-state index contributed by atoms with van der Waals surface area (Å²) >= 11 is 0. The van der Waals surface area contributed by atoms with Crippen LogP contribution in [0.15, 0.2) is 36.4 Å². The smallest absolute Gasteiger partial charge is 0.155 e. The largest absolute Gasteiger partial charge is 0.328 e. The maximum Gasteiger partial charge on any atom is 0.155 e. The summed E-state index contributed by atoms with van der Waals surface area (Å²) in [5, 5.41) is 11.5. The molecule has 0 radical (unpaired) electrons. The second-order valence-corrected chi connectivity index (χ2v) is 4.31. The van der Waals surface area contributed by atoms with Gasteiger partial charge in [0, 0.05) is 19.3 Å². The van der Waals surface area contributed by atoms with Crippen molar-refractivity contribution in [2.24, 2.45) is 0 Å². The molecule has 0 bridgehead atoms. The maximum atomic E-state index is 4.24. The first-order valence-corrected chi connectivity index (χ1v) is 5.98. The average molecular weight is 242 g/mol. The van der Waals surface area contributed by atoms with Gasteiger partial charge in [-0.15, -0.1) is 5.10 Å². The van der Waals surface area contributed by atoms with Gasteiger partial charge in [0.25, 0.3) is 0 Å². The molecule has 1 N–H and O–H groups in total. The number of nitrogens with zero attached hydrogens (tertiary/aromatic N) is 3. The Labute approximate surface area is 108 Å². The van der Waals surface area contributed by atoms with E-state index in [2.05, 4.69) is 40.6 Å². The van der Waals surface area contributed by atoms with E-state index in [0.717, 1.165) is 23.7 Å². The minimum absolute atomic E-state index is 0.738. The molecule has 1 aromatic heterocycles. The third-order valence-electron chi connectivity index (χ3n) is 2.80. The monoisotopic (exact) mass is 242 g/mol. The molecule has 1 aromatic carbocycles. The van der Waals surface area contributed by atoms with Crippen LogP contribution in [0.1, 0.15) is 11.3 Å². The standard InChI is InChI=1S/C14H18N4/c1-11-5-4-6-13(9-11)18(3)14-8-7-12(10-15-2)16-17-14/h4-9,15H,10H2,1-3H3. The van der Waals surface area contributed by atoms with Crippen molar-refractivity contribution in [2.75, 3.05) is 19.0 Å². The number of hydrogen-bond donors (Lipinski definition) is 1. The Morgan fingerprint density at radius 2 is 2.00 bits per heavy atom. The Morgan fingerprint density at radius 3 is 2.61 bits per heavy atom. The third-order valence-corrected chi connectivity index (χ3v) is 2.80. The molecule has 0 aliphatic heterocycles. The zero-order chi connectivity index (χ0) is 13.0. The molecule has 2 aromatic rings. The van der Waals surface area contributed by atoms with Gasteiger partial charge in [0.05, 0.1) is 5.69 Å². The molecule has 0 saturated heterocycles. The summed E-state index contributed by atoms with van der Waals surface area (Å²) < 4.78 is 0. The minimum atomic E-state index is 0.738. The zero-order valence-corrected chi connectivity index (χ0v) is 11.0. The summed E-state index contributed by atoms with van der Waals surface area (Å²) in [6, 6.07) is 12.3. The van der Waals surface area contributed by atoms with Crippen LogP contribution in [-0.2, 0) is 6.54 Å². The number of aryl methyl sites for hydroxylation is 1. The van der Waals surface area contributed by atoms with E-state index in [-0.39, 0.29) is 0 Å². The predicted molar refractivity (Wildman–Crippen MR) is 74.0 cm³/mol. The number of nitrogens with one attached hydrogen (secondary N) is 1. The molecule has 0 atom stereocenters. The number of benzene rings is 1. The molecule has 0 spiro atoms. The van der Waals surface area contributed by atoms with Crippen LogP contribution in [0.5, 0.6) is 0 Å². The molecule has 0 saturated carbocycles. The van der Waals surface area contributed by atoms with Crippen LogP contribution >= 0.6 is 0 Å². The van der Waals surface area contributed by atoms with E-state index < -0.39 is 0 Å². The van der Waals surface area contributed by atoms with E-state index >= 15 is 0 Å². The van der Waals surface area contributed by atoms with Gasteiger partial charge in [0.2, 0.25) is 0 Å². The van der Waals surface area contributed by atoms with Crippen molar-refractivity contribution in [2.45, 2.75) is 13.5 Å². The molecule has 4 nitrogen and oxygen atoms in total. The van der Waals surface area contributed by atoms with Gasteiger partial charge >= 0.3 is 0 Å². The molecule has 94 valence electrons. The lowest BCUT2D eigenvalue weighted by atomic mass is 10.2. The molecular weight excluding hydrogens is 224 g/mol. The second kappa shape index (κ2) is 5.60. The SMILES string of the molecule is CNCc1ccc(N(C)c2cccc(C)c2)nn1. The van der Waals surface area contributed by atoms with Crippen molar-refractivity contribution in [3.8, 4) is 0 Å². The van der Waals surface area contributed by atoms with Crippen molar-refractivity contribution < 1.29 is 0 Å². The number of rotatable bonds is 4. The van der Waals surface area contributed by atoms with Crippen molar-refractivity contribution in [1.82, 2.24) is 15.5 Å². The molecule has 2 rings (SSSR count). The van der Waals surface area contributed by atoms with E-state index in [0.29, 0.717) is 0 Å². The highest BCUT2D eigenvalue weighted by Gasteiger charge is 2.06. The number of anilines is 2. The highest BCUT2D eigenvalue weighted by atomic mass is 15.2. The van der Waals surface area contributed by atoms with Gasteiger partial charge in [-0.2, -0.15) is 5.10 Å². The average Bonchev–Trinajstić information content (AvgIpc) is 2.39. The second-order valence-electron chi connectivity index (χ2n) is 4.31. The first-order chi connectivity index (χ1) is 8.70. The van der Waals surface area contributed by atoms with Gasteiger partial charge in [-0.1, -0.05) is 12.1 Å². The molecule has 0 aliphatic rings. The van der Waals surface area contributed by atoms with Crippen LogP contribution in [0.25, 0.3) is 0 Å². The highest BCUT2D eigenvalue weighted by molar-refractivity contribution is 5.59. The van der Waals surface area contributed by atoms with E-state index in [9.17, 15) is 0 Å². The molecule has 0 amide bonds. The summed E-state index contributed by atoms with van der Waals surface area (Å²) in [5.74, 6) is 0.848. The Bertz CT molecular complexity index is 507. The summed E-state index contributed by atoms with van der Waals surface area (Å²) in [7, 11) is 3.89. The fraction of sp³-hybridized carbons (Fsp3) is 0.286. The van der Waals surface area contributed by atoms with Crippen LogP contribution < -0.4 is 10.2 Å². The first kappa shape index (κ1) is 12.5. The van der Waals surface area contributed by atoms with Crippen LogP contribution in [0.4, 0.5) is 11.5 Å². The molecule has 0 unspecified atom stereocenters. The van der Waals surface area contributed by atoms with Crippen LogP contribution in [0.3, 0.4) is 0 Å². The van der Waals surface area contributed by atoms with Crippen molar-refractivity contribution in [3.05, 3.63) is 47.7 Å². The molecule has 1 heterocycles. The zero-order valence-electron chi connectivity index (χ0n) is 11.0. The fourth-order valence-electron chi connectivity index (χ4n) is 1.78. The topological polar surface area (TPSA) is 41.0 Å². The number of hydrogen-bond acceptors (Lipinski definition) is 4. The molecule has 0 aliphatic carbocycles. The van der Waals surface area contributed by atoms with E-state index in [1.54, 1.807) is 0 Å². The van der Waals surface area contributed by atoms with Crippen molar-refractivity contribution in [1.29, 1.82) is 0 Å². The van der Waals surface area contributed by atoms with Crippen molar-refractivity contribution >= 4 is 11.5 Å². The molecular formula is C14H18N4. The van der Waals surface area contributed by atoms with Crippen LogP contribution in [0, 0.1) is 6.92 Å². The molecule has 4 heteroatoms. The Morgan fingerprint density at radius 1 is 1.17 bits per heavy atom. The first-order valence-electron chi connectivity index (χ1n) is 5.98. The summed E-state index contributed by atoms with van der Waals surface area (Å²) in [4.78, 5) is 2.03. The van der Waals surface area contributed by atoms with Crippen LogP contribution in [0.2, 0.25) is 0 Å². The quantitative estimate of drug-likeness (QED) is 0.893. The fourth-order valence-corrected chi connectivity index (χ4v) is 1.78. The van der Waals surface area contributed by atoms with Gasteiger partial charge < -0.3 is 10.2 Å². The normalized spacial score (nSPS) is 10.4. The van der Waals surface area contributed by atoms with E-state index in [1.807, 2.05) is 37.2 Å². The van der Waals surface area contributed by atoms with Gasteiger partial charge in [0.15, 0.2) is 5.82 Å². The van der Waals surface area contributed by atoms with Gasteiger partial charge in [-0.25, -0.2) is 0 Å².